The molecule has 1 unspecified atom stereocenters. The normalized spacial score (nSPS) is 11.9. The van der Waals surface area contributed by atoms with Gasteiger partial charge >= 0.3 is 0 Å². The fraction of sp³-hybridized carbons (Fsp3) is 0.500. The number of nitrogens with one attached hydrogen (secondary N) is 2. The van der Waals surface area contributed by atoms with Gasteiger partial charge in [0.25, 0.3) is 5.91 Å². The highest BCUT2D eigenvalue weighted by Crippen LogP contribution is 2.21. The lowest BCUT2D eigenvalue weighted by Crippen LogP contribution is -2.23. The molecule has 5 heteroatoms. The molecular weight excluding hydrogens is 242 g/mol. The number of carbonyl (C=O) groups is 1. The molecule has 0 aliphatic rings. The lowest BCUT2D eigenvalue weighted by Gasteiger charge is -2.17. The van der Waals surface area contributed by atoms with Crippen LogP contribution >= 0.6 is 0 Å². The zero-order valence-corrected chi connectivity index (χ0v) is 11.8. The molecule has 0 aromatic heterocycles. The summed E-state index contributed by atoms with van der Waals surface area (Å²) in [6, 6.07) is 5.48. The van der Waals surface area contributed by atoms with Crippen LogP contribution in [-0.2, 0) is 4.74 Å². The predicted octanol–water partition coefficient (Wildman–Crippen LogP) is 1.86. The highest BCUT2D eigenvalue weighted by molar-refractivity contribution is 5.96. The monoisotopic (exact) mass is 265 g/mol. The minimum atomic E-state index is -0.0879. The highest BCUT2D eigenvalue weighted by Gasteiger charge is 2.09. The predicted molar refractivity (Wildman–Crippen MR) is 78.4 cm³/mol. The first-order valence-corrected chi connectivity index (χ1v) is 6.51. The zero-order valence-electron chi connectivity index (χ0n) is 11.8. The zero-order chi connectivity index (χ0) is 14.3. The highest BCUT2D eigenvalue weighted by atomic mass is 16.5. The van der Waals surface area contributed by atoms with Gasteiger partial charge < -0.3 is 21.1 Å². The van der Waals surface area contributed by atoms with Gasteiger partial charge in [0.15, 0.2) is 0 Å². The van der Waals surface area contributed by atoms with E-state index in [9.17, 15) is 4.79 Å². The number of anilines is 2. The van der Waals surface area contributed by atoms with Crippen LogP contribution < -0.4 is 16.4 Å². The van der Waals surface area contributed by atoms with E-state index >= 15 is 0 Å². The Hall–Kier alpha value is -1.75. The quantitative estimate of drug-likeness (QED) is 0.658. The molecule has 19 heavy (non-hydrogen) atoms. The summed E-state index contributed by atoms with van der Waals surface area (Å²) in [5.41, 5.74) is 7.94. The van der Waals surface area contributed by atoms with E-state index in [2.05, 4.69) is 17.6 Å². The van der Waals surface area contributed by atoms with Crippen molar-refractivity contribution in [3.8, 4) is 0 Å². The van der Waals surface area contributed by atoms with Crippen LogP contribution in [0.5, 0.6) is 0 Å². The van der Waals surface area contributed by atoms with Crippen molar-refractivity contribution in [3.05, 3.63) is 23.8 Å². The SMILES string of the molecule is CCNC(=O)c1ccc(N)c(NC(C)CCOC)c1. The molecule has 1 rings (SSSR count). The molecule has 0 heterocycles. The molecule has 0 saturated carbocycles. The maximum Gasteiger partial charge on any atom is 0.251 e. The number of nitrogens with two attached hydrogens (primary N) is 1. The fourth-order valence-corrected chi connectivity index (χ4v) is 1.72. The minimum Gasteiger partial charge on any atom is -0.397 e. The van der Waals surface area contributed by atoms with Crippen molar-refractivity contribution in [1.29, 1.82) is 0 Å². The van der Waals surface area contributed by atoms with Crippen molar-refractivity contribution < 1.29 is 9.53 Å². The summed E-state index contributed by atoms with van der Waals surface area (Å²) >= 11 is 0. The maximum absolute atomic E-state index is 11.8. The third kappa shape index (κ3) is 4.79. The molecule has 0 bridgehead atoms. The van der Waals surface area contributed by atoms with Crippen LogP contribution in [0.3, 0.4) is 0 Å². The average Bonchev–Trinajstić information content (AvgIpc) is 2.39. The minimum absolute atomic E-state index is 0.0879. The van der Waals surface area contributed by atoms with E-state index in [-0.39, 0.29) is 11.9 Å². The summed E-state index contributed by atoms with van der Waals surface area (Å²) in [4.78, 5) is 11.8. The second-order valence-corrected chi connectivity index (χ2v) is 4.49. The van der Waals surface area contributed by atoms with Gasteiger partial charge in [0.2, 0.25) is 0 Å². The van der Waals surface area contributed by atoms with Gasteiger partial charge in [-0.15, -0.1) is 0 Å². The fourth-order valence-electron chi connectivity index (χ4n) is 1.72. The second-order valence-electron chi connectivity index (χ2n) is 4.49. The molecule has 0 fully saturated rings. The Balaban J connectivity index is 2.76. The summed E-state index contributed by atoms with van der Waals surface area (Å²) in [7, 11) is 1.68. The number of benzene rings is 1. The van der Waals surface area contributed by atoms with Crippen molar-refractivity contribution in [3.63, 3.8) is 0 Å². The Bertz CT molecular complexity index is 421. The van der Waals surface area contributed by atoms with E-state index in [4.69, 9.17) is 10.5 Å². The molecule has 106 valence electrons. The molecule has 0 spiro atoms. The Morgan fingerprint density at radius 3 is 2.84 bits per heavy atom. The molecule has 1 aromatic carbocycles. The number of hydrogen-bond acceptors (Lipinski definition) is 4. The van der Waals surface area contributed by atoms with Gasteiger partial charge in [0.1, 0.15) is 0 Å². The number of hydrogen-bond donors (Lipinski definition) is 3. The van der Waals surface area contributed by atoms with Crippen molar-refractivity contribution >= 4 is 17.3 Å². The third-order valence-corrected chi connectivity index (χ3v) is 2.81. The lowest BCUT2D eigenvalue weighted by molar-refractivity contribution is 0.0956. The van der Waals surface area contributed by atoms with Gasteiger partial charge in [0.05, 0.1) is 11.4 Å². The van der Waals surface area contributed by atoms with Crippen LogP contribution in [0.25, 0.3) is 0 Å². The van der Waals surface area contributed by atoms with Gasteiger partial charge in [-0.05, 0) is 38.5 Å². The van der Waals surface area contributed by atoms with Crippen LogP contribution in [-0.4, -0.2) is 32.2 Å². The number of carbonyl (C=O) groups excluding carboxylic acids is 1. The smallest absolute Gasteiger partial charge is 0.251 e. The summed E-state index contributed by atoms with van der Waals surface area (Å²) in [5.74, 6) is -0.0879. The van der Waals surface area contributed by atoms with Crippen molar-refractivity contribution in [2.75, 3.05) is 31.3 Å². The van der Waals surface area contributed by atoms with Gasteiger partial charge in [-0.2, -0.15) is 0 Å². The molecular formula is C14H23N3O2. The topological polar surface area (TPSA) is 76.4 Å². The summed E-state index contributed by atoms with van der Waals surface area (Å²) in [6.07, 6.45) is 0.876. The molecule has 1 aromatic rings. The van der Waals surface area contributed by atoms with Crippen LogP contribution in [0.1, 0.15) is 30.6 Å². The van der Waals surface area contributed by atoms with Crippen molar-refractivity contribution in [2.45, 2.75) is 26.3 Å². The van der Waals surface area contributed by atoms with E-state index in [1.807, 2.05) is 6.92 Å². The lowest BCUT2D eigenvalue weighted by atomic mass is 10.1. The van der Waals surface area contributed by atoms with E-state index in [0.29, 0.717) is 24.4 Å². The Morgan fingerprint density at radius 1 is 1.47 bits per heavy atom. The first kappa shape index (κ1) is 15.3. The molecule has 1 amide bonds. The largest absolute Gasteiger partial charge is 0.397 e. The van der Waals surface area contributed by atoms with Gasteiger partial charge in [0, 0.05) is 31.9 Å². The number of amides is 1. The second kappa shape index (κ2) is 7.63. The Kier molecular flexibility index (Phi) is 6.15. The Labute approximate surface area is 114 Å². The van der Waals surface area contributed by atoms with Crippen molar-refractivity contribution in [1.82, 2.24) is 5.32 Å². The third-order valence-electron chi connectivity index (χ3n) is 2.81. The number of nitrogen functional groups attached to an aromatic ring is 1. The van der Waals surface area contributed by atoms with Crippen molar-refractivity contribution in [2.24, 2.45) is 0 Å². The van der Waals surface area contributed by atoms with Gasteiger partial charge in [-0.3, -0.25) is 4.79 Å². The number of rotatable bonds is 7. The molecule has 1 atom stereocenters. The molecule has 0 saturated heterocycles. The van der Waals surface area contributed by atoms with Crippen LogP contribution in [0.15, 0.2) is 18.2 Å². The number of ether oxygens (including phenoxy) is 1. The Morgan fingerprint density at radius 2 is 2.21 bits per heavy atom. The molecule has 4 N–H and O–H groups in total. The van der Waals surface area contributed by atoms with Gasteiger partial charge in [-0.1, -0.05) is 0 Å². The summed E-state index contributed by atoms with van der Waals surface area (Å²) < 4.78 is 5.04. The molecule has 5 nitrogen and oxygen atoms in total. The van der Waals surface area contributed by atoms with Crippen LogP contribution in [0, 0.1) is 0 Å². The van der Waals surface area contributed by atoms with E-state index < -0.39 is 0 Å². The van der Waals surface area contributed by atoms with Crippen LogP contribution in [0.4, 0.5) is 11.4 Å². The number of methoxy groups -OCH3 is 1. The van der Waals surface area contributed by atoms with Gasteiger partial charge in [-0.25, -0.2) is 0 Å². The summed E-state index contributed by atoms with van der Waals surface area (Å²) in [6.45, 7) is 5.23. The average molecular weight is 265 g/mol. The molecule has 0 aliphatic carbocycles. The summed E-state index contributed by atoms with van der Waals surface area (Å²) in [5, 5.41) is 6.07. The molecule has 0 aliphatic heterocycles. The van der Waals surface area contributed by atoms with E-state index in [1.54, 1.807) is 25.3 Å². The first-order valence-electron chi connectivity index (χ1n) is 6.51. The van der Waals surface area contributed by atoms with E-state index in [1.165, 1.54) is 0 Å². The van der Waals surface area contributed by atoms with E-state index in [0.717, 1.165) is 12.1 Å². The van der Waals surface area contributed by atoms with Crippen LogP contribution in [0.2, 0.25) is 0 Å². The maximum atomic E-state index is 11.8. The standard InChI is InChI=1S/C14H23N3O2/c1-4-16-14(18)11-5-6-12(15)13(9-11)17-10(2)7-8-19-3/h5-6,9-10,17H,4,7-8,15H2,1-3H3,(H,16,18). The molecule has 0 radical (unpaired) electrons. The first-order chi connectivity index (χ1) is 9.08.